The van der Waals surface area contributed by atoms with Gasteiger partial charge in [0.25, 0.3) is 5.56 Å². The third kappa shape index (κ3) is 2.49. The second-order valence-corrected chi connectivity index (χ2v) is 5.52. The lowest BCUT2D eigenvalue weighted by Gasteiger charge is -2.01. The Kier molecular flexibility index (Phi) is 3.38. The van der Waals surface area contributed by atoms with Crippen LogP contribution in [0, 0.1) is 18.3 Å². The first-order chi connectivity index (χ1) is 10.2. The van der Waals surface area contributed by atoms with E-state index in [2.05, 4.69) is 16.0 Å². The van der Waals surface area contributed by atoms with E-state index in [4.69, 9.17) is 0 Å². The second-order valence-electron chi connectivity index (χ2n) is 4.57. The van der Waals surface area contributed by atoms with E-state index in [0.29, 0.717) is 22.3 Å². The Morgan fingerprint density at radius 1 is 1.38 bits per heavy atom. The van der Waals surface area contributed by atoms with Crippen LogP contribution < -0.4 is 5.56 Å². The molecule has 0 aliphatic heterocycles. The zero-order valence-corrected chi connectivity index (χ0v) is 12.1. The Labute approximate surface area is 125 Å². The maximum atomic E-state index is 12.1. The molecule has 0 aliphatic rings. The number of para-hydroxylation sites is 1. The highest BCUT2D eigenvalue weighted by molar-refractivity contribution is 7.11. The van der Waals surface area contributed by atoms with E-state index < -0.39 is 0 Å². The maximum Gasteiger partial charge on any atom is 0.259 e. The highest BCUT2D eigenvalue weighted by Crippen LogP contribution is 2.22. The number of benzene rings is 1. The molecular formula is C16H11N3OS. The fraction of sp³-hybridized carbons (Fsp3) is 0.0625. The third-order valence-corrected chi connectivity index (χ3v) is 4.13. The minimum atomic E-state index is -0.236. The van der Waals surface area contributed by atoms with Crippen LogP contribution in [0.25, 0.3) is 22.6 Å². The van der Waals surface area contributed by atoms with Crippen LogP contribution in [-0.2, 0) is 0 Å². The van der Waals surface area contributed by atoms with Crippen LogP contribution in [0.3, 0.4) is 0 Å². The molecule has 0 bridgehead atoms. The van der Waals surface area contributed by atoms with Gasteiger partial charge in [-0.15, -0.1) is 11.3 Å². The first-order valence-electron chi connectivity index (χ1n) is 6.34. The van der Waals surface area contributed by atoms with Crippen molar-refractivity contribution in [2.24, 2.45) is 0 Å². The van der Waals surface area contributed by atoms with Crippen LogP contribution in [0.15, 0.2) is 40.5 Å². The molecule has 0 radical (unpaired) electrons. The molecule has 21 heavy (non-hydrogen) atoms. The first kappa shape index (κ1) is 13.3. The standard InChI is InChI=1S/C16H11N3OS/c1-10-6-7-21-14(10)8-11(9-17)15-18-13-5-3-2-4-12(13)16(20)19-15/h2-8H,1H3,(H,18,19,20)/b11-8+. The zero-order chi connectivity index (χ0) is 14.8. The smallest absolute Gasteiger partial charge is 0.259 e. The minimum absolute atomic E-state index is 0.236. The molecule has 0 saturated carbocycles. The second kappa shape index (κ2) is 5.35. The minimum Gasteiger partial charge on any atom is -0.305 e. The van der Waals surface area contributed by atoms with Crippen LogP contribution in [-0.4, -0.2) is 9.97 Å². The number of thiophene rings is 1. The van der Waals surface area contributed by atoms with E-state index in [1.165, 1.54) is 0 Å². The van der Waals surface area contributed by atoms with E-state index in [1.54, 1.807) is 35.6 Å². The summed E-state index contributed by atoms with van der Waals surface area (Å²) in [5.74, 6) is 0.300. The first-order valence-corrected chi connectivity index (χ1v) is 7.22. The number of rotatable bonds is 2. The predicted octanol–water partition coefficient (Wildman–Crippen LogP) is 3.36. The number of hydrogen-bond acceptors (Lipinski definition) is 4. The maximum absolute atomic E-state index is 12.1. The number of hydrogen-bond donors (Lipinski definition) is 1. The van der Waals surface area contributed by atoms with Gasteiger partial charge in [-0.05, 0) is 42.1 Å². The summed E-state index contributed by atoms with van der Waals surface area (Å²) in [6.07, 6.45) is 1.76. The van der Waals surface area contributed by atoms with E-state index in [9.17, 15) is 10.1 Å². The molecule has 0 amide bonds. The molecular weight excluding hydrogens is 282 g/mol. The molecule has 3 rings (SSSR count). The lowest BCUT2D eigenvalue weighted by atomic mass is 10.2. The molecule has 4 nitrogen and oxygen atoms in total. The Balaban J connectivity index is 2.19. The van der Waals surface area contributed by atoms with Gasteiger partial charge >= 0.3 is 0 Å². The SMILES string of the molecule is Cc1ccsc1/C=C(\C#N)c1nc2ccccc2c(=O)[nH]1. The van der Waals surface area contributed by atoms with Crippen molar-refractivity contribution in [1.82, 2.24) is 9.97 Å². The number of nitriles is 1. The average Bonchev–Trinajstić information content (AvgIpc) is 2.90. The van der Waals surface area contributed by atoms with Crippen molar-refractivity contribution in [1.29, 1.82) is 5.26 Å². The number of H-pyrrole nitrogens is 1. The van der Waals surface area contributed by atoms with Gasteiger partial charge in [-0.25, -0.2) is 4.98 Å². The van der Waals surface area contributed by atoms with Gasteiger partial charge in [-0.1, -0.05) is 12.1 Å². The summed E-state index contributed by atoms with van der Waals surface area (Å²) in [5.41, 5.74) is 1.79. The molecule has 2 aromatic heterocycles. The van der Waals surface area contributed by atoms with Gasteiger partial charge in [0.15, 0.2) is 5.82 Å². The Morgan fingerprint density at radius 2 is 2.19 bits per heavy atom. The lowest BCUT2D eigenvalue weighted by molar-refractivity contribution is 1.13. The fourth-order valence-electron chi connectivity index (χ4n) is 2.03. The van der Waals surface area contributed by atoms with Gasteiger partial charge in [0.2, 0.25) is 0 Å². The molecule has 5 heteroatoms. The van der Waals surface area contributed by atoms with Crippen molar-refractivity contribution in [3.63, 3.8) is 0 Å². The van der Waals surface area contributed by atoms with Crippen LogP contribution in [0.4, 0.5) is 0 Å². The van der Waals surface area contributed by atoms with Gasteiger partial charge in [0, 0.05) is 4.88 Å². The summed E-state index contributed by atoms with van der Waals surface area (Å²) in [6, 6.07) is 11.2. The zero-order valence-electron chi connectivity index (χ0n) is 11.3. The number of aromatic amines is 1. The van der Waals surface area contributed by atoms with Crippen molar-refractivity contribution < 1.29 is 0 Å². The van der Waals surface area contributed by atoms with Crippen molar-refractivity contribution in [2.75, 3.05) is 0 Å². The Morgan fingerprint density at radius 3 is 2.90 bits per heavy atom. The molecule has 102 valence electrons. The number of fused-ring (bicyclic) bond motifs is 1. The van der Waals surface area contributed by atoms with Crippen LogP contribution in [0.1, 0.15) is 16.3 Å². The molecule has 1 N–H and O–H groups in total. The highest BCUT2D eigenvalue weighted by Gasteiger charge is 2.09. The number of nitrogens with zero attached hydrogens (tertiary/aromatic N) is 2. The quantitative estimate of drug-likeness (QED) is 0.736. The van der Waals surface area contributed by atoms with Crippen LogP contribution >= 0.6 is 11.3 Å². The molecule has 0 spiro atoms. The summed E-state index contributed by atoms with van der Waals surface area (Å²) < 4.78 is 0. The lowest BCUT2D eigenvalue weighted by Crippen LogP contribution is -2.11. The van der Waals surface area contributed by atoms with Crippen LogP contribution in [0.5, 0.6) is 0 Å². The predicted molar refractivity (Wildman–Crippen MR) is 84.9 cm³/mol. The van der Waals surface area contributed by atoms with Gasteiger partial charge < -0.3 is 4.98 Å². The topological polar surface area (TPSA) is 69.5 Å². The molecule has 0 saturated heterocycles. The molecule has 2 heterocycles. The van der Waals surface area contributed by atoms with Crippen molar-refractivity contribution in [3.8, 4) is 6.07 Å². The van der Waals surface area contributed by atoms with Crippen molar-refractivity contribution in [3.05, 3.63) is 62.3 Å². The average molecular weight is 293 g/mol. The van der Waals surface area contributed by atoms with E-state index in [0.717, 1.165) is 10.4 Å². The van der Waals surface area contributed by atoms with Gasteiger partial charge in [0.05, 0.1) is 16.5 Å². The number of nitrogens with one attached hydrogen (secondary N) is 1. The van der Waals surface area contributed by atoms with Gasteiger partial charge in [-0.2, -0.15) is 5.26 Å². The molecule has 3 aromatic rings. The molecule has 0 aliphatic carbocycles. The van der Waals surface area contributed by atoms with Crippen molar-refractivity contribution in [2.45, 2.75) is 6.92 Å². The molecule has 0 fully saturated rings. The largest absolute Gasteiger partial charge is 0.305 e. The fourth-order valence-corrected chi connectivity index (χ4v) is 2.89. The third-order valence-electron chi connectivity index (χ3n) is 3.17. The number of aromatic nitrogens is 2. The molecule has 0 atom stereocenters. The molecule has 1 aromatic carbocycles. The summed E-state index contributed by atoms with van der Waals surface area (Å²) in [5, 5.41) is 11.8. The molecule has 0 unspecified atom stereocenters. The summed E-state index contributed by atoms with van der Waals surface area (Å²) in [6.45, 7) is 1.98. The van der Waals surface area contributed by atoms with E-state index >= 15 is 0 Å². The summed E-state index contributed by atoms with van der Waals surface area (Å²) in [7, 11) is 0. The van der Waals surface area contributed by atoms with Crippen molar-refractivity contribution >= 4 is 33.9 Å². The Hall–Kier alpha value is -2.71. The summed E-state index contributed by atoms with van der Waals surface area (Å²) >= 11 is 1.55. The van der Waals surface area contributed by atoms with E-state index in [1.807, 2.05) is 24.4 Å². The number of aryl methyl sites for hydroxylation is 1. The monoisotopic (exact) mass is 293 g/mol. The van der Waals surface area contributed by atoms with Gasteiger partial charge in [0.1, 0.15) is 6.07 Å². The Bertz CT molecular complexity index is 944. The highest BCUT2D eigenvalue weighted by atomic mass is 32.1. The normalized spacial score (nSPS) is 11.5. The van der Waals surface area contributed by atoms with Crippen LogP contribution in [0.2, 0.25) is 0 Å². The van der Waals surface area contributed by atoms with E-state index in [-0.39, 0.29) is 5.56 Å². The summed E-state index contributed by atoms with van der Waals surface area (Å²) in [4.78, 5) is 20.1. The van der Waals surface area contributed by atoms with Gasteiger partial charge in [-0.3, -0.25) is 4.79 Å². The number of allylic oxidation sites excluding steroid dienone is 1.